The van der Waals surface area contributed by atoms with E-state index in [1.54, 1.807) is 6.92 Å². The highest BCUT2D eigenvalue weighted by Crippen LogP contribution is 2.18. The number of nitrogens with two attached hydrogens (primary N) is 1. The minimum atomic E-state index is -0.631. The molecule has 4 N–H and O–H groups in total. The van der Waals surface area contributed by atoms with Crippen LogP contribution in [0, 0.1) is 0 Å². The molecule has 0 bridgehead atoms. The highest BCUT2D eigenvalue weighted by atomic mass is 16.3. The molecule has 18 heavy (non-hydrogen) atoms. The summed E-state index contributed by atoms with van der Waals surface area (Å²) < 4.78 is 0. The quantitative estimate of drug-likeness (QED) is 0.712. The van der Waals surface area contributed by atoms with Gasteiger partial charge in [-0.15, -0.1) is 0 Å². The zero-order valence-electron chi connectivity index (χ0n) is 11.2. The highest BCUT2D eigenvalue weighted by molar-refractivity contribution is 5.79. The van der Waals surface area contributed by atoms with Gasteiger partial charge >= 0.3 is 0 Å². The van der Waals surface area contributed by atoms with Crippen LogP contribution in [-0.2, 0) is 4.79 Å². The Morgan fingerprint density at radius 2 is 1.72 bits per heavy atom. The molecule has 1 amide bonds. The fraction of sp³-hybridized carbons (Fsp3) is 0.500. The second-order valence-electron chi connectivity index (χ2n) is 4.87. The van der Waals surface area contributed by atoms with Gasteiger partial charge in [-0.25, -0.2) is 0 Å². The Labute approximate surface area is 108 Å². The van der Waals surface area contributed by atoms with Gasteiger partial charge in [-0.05, 0) is 24.0 Å². The molecule has 2 atom stereocenters. The van der Waals surface area contributed by atoms with Gasteiger partial charge in [0, 0.05) is 6.54 Å². The van der Waals surface area contributed by atoms with Gasteiger partial charge in [-0.3, -0.25) is 4.79 Å². The molecule has 0 saturated carbocycles. The lowest BCUT2D eigenvalue weighted by molar-refractivity contribution is -0.119. The van der Waals surface area contributed by atoms with Crippen molar-refractivity contribution in [3.8, 4) is 0 Å². The standard InChI is InChI=1S/C14H22N2O2/c1-9(2)11-4-6-12(7-5-11)13(17)8-16-10(3)14(15)18/h4-7,9-10,13,16-17H,8H2,1-3H3,(H2,15,18). The first-order valence-corrected chi connectivity index (χ1v) is 6.22. The Hall–Kier alpha value is -1.39. The van der Waals surface area contributed by atoms with E-state index in [2.05, 4.69) is 19.2 Å². The number of aliphatic hydroxyl groups is 1. The van der Waals surface area contributed by atoms with Crippen LogP contribution in [0.25, 0.3) is 0 Å². The number of carbonyl (C=O) groups excluding carboxylic acids is 1. The Balaban J connectivity index is 2.56. The average Bonchev–Trinajstić information content (AvgIpc) is 2.35. The molecule has 0 heterocycles. The molecule has 0 aliphatic heterocycles. The van der Waals surface area contributed by atoms with E-state index in [0.29, 0.717) is 12.5 Å². The second-order valence-corrected chi connectivity index (χ2v) is 4.87. The van der Waals surface area contributed by atoms with Crippen molar-refractivity contribution < 1.29 is 9.90 Å². The lowest BCUT2D eigenvalue weighted by atomic mass is 10.00. The summed E-state index contributed by atoms with van der Waals surface area (Å²) in [4.78, 5) is 10.8. The van der Waals surface area contributed by atoms with E-state index >= 15 is 0 Å². The van der Waals surface area contributed by atoms with E-state index in [-0.39, 0.29) is 0 Å². The average molecular weight is 250 g/mol. The van der Waals surface area contributed by atoms with Crippen LogP contribution in [0.1, 0.15) is 43.9 Å². The van der Waals surface area contributed by atoms with Crippen LogP contribution in [0.15, 0.2) is 24.3 Å². The van der Waals surface area contributed by atoms with Crippen LogP contribution in [0.4, 0.5) is 0 Å². The third-order valence-electron chi connectivity index (χ3n) is 3.03. The van der Waals surface area contributed by atoms with Gasteiger partial charge in [0.2, 0.25) is 5.91 Å². The van der Waals surface area contributed by atoms with Crippen LogP contribution >= 0.6 is 0 Å². The number of hydrogen-bond acceptors (Lipinski definition) is 3. The number of amides is 1. The van der Waals surface area contributed by atoms with E-state index in [0.717, 1.165) is 5.56 Å². The summed E-state index contributed by atoms with van der Waals surface area (Å²) in [6.45, 7) is 6.24. The summed E-state index contributed by atoms with van der Waals surface area (Å²) in [7, 11) is 0. The number of rotatable bonds is 6. The molecule has 2 unspecified atom stereocenters. The summed E-state index contributed by atoms with van der Waals surface area (Å²) >= 11 is 0. The van der Waals surface area contributed by atoms with Gasteiger partial charge in [0.1, 0.15) is 0 Å². The fourth-order valence-electron chi connectivity index (χ4n) is 1.61. The number of carbonyl (C=O) groups is 1. The molecule has 1 rings (SSSR count). The van der Waals surface area contributed by atoms with Gasteiger partial charge in [0.15, 0.2) is 0 Å². The number of nitrogens with one attached hydrogen (secondary N) is 1. The van der Waals surface area contributed by atoms with Gasteiger partial charge in [0.05, 0.1) is 12.1 Å². The predicted octanol–water partition coefficient (Wildman–Crippen LogP) is 1.31. The zero-order valence-corrected chi connectivity index (χ0v) is 11.2. The first-order chi connectivity index (χ1) is 8.41. The molecular weight excluding hydrogens is 228 g/mol. The molecule has 4 heteroatoms. The van der Waals surface area contributed by atoms with Crippen LogP contribution in [0.5, 0.6) is 0 Å². The van der Waals surface area contributed by atoms with Crippen molar-refractivity contribution in [3.63, 3.8) is 0 Å². The van der Waals surface area contributed by atoms with E-state index in [1.165, 1.54) is 5.56 Å². The van der Waals surface area contributed by atoms with Crippen LogP contribution < -0.4 is 11.1 Å². The topological polar surface area (TPSA) is 75.3 Å². The second kappa shape index (κ2) is 6.52. The fourth-order valence-corrected chi connectivity index (χ4v) is 1.61. The lowest BCUT2D eigenvalue weighted by Crippen LogP contribution is -2.40. The predicted molar refractivity (Wildman–Crippen MR) is 72.1 cm³/mol. The van der Waals surface area contributed by atoms with Crippen molar-refractivity contribution in [1.29, 1.82) is 0 Å². The van der Waals surface area contributed by atoms with E-state index in [9.17, 15) is 9.90 Å². The third kappa shape index (κ3) is 4.13. The minimum Gasteiger partial charge on any atom is -0.387 e. The number of aliphatic hydroxyl groups excluding tert-OH is 1. The number of primary amides is 1. The van der Waals surface area contributed by atoms with Gasteiger partial charge in [0.25, 0.3) is 0 Å². The van der Waals surface area contributed by atoms with Crippen molar-refractivity contribution >= 4 is 5.91 Å². The third-order valence-corrected chi connectivity index (χ3v) is 3.03. The van der Waals surface area contributed by atoms with Crippen LogP contribution in [-0.4, -0.2) is 23.6 Å². The maximum Gasteiger partial charge on any atom is 0.234 e. The van der Waals surface area contributed by atoms with Gasteiger partial charge in [-0.1, -0.05) is 38.1 Å². The maximum atomic E-state index is 10.8. The van der Waals surface area contributed by atoms with Crippen molar-refractivity contribution in [2.45, 2.75) is 38.8 Å². The van der Waals surface area contributed by atoms with Crippen molar-refractivity contribution in [3.05, 3.63) is 35.4 Å². The molecule has 0 aromatic heterocycles. The summed E-state index contributed by atoms with van der Waals surface area (Å²) in [5, 5.41) is 12.9. The van der Waals surface area contributed by atoms with Gasteiger partial charge < -0.3 is 16.2 Å². The molecule has 0 radical (unpaired) electrons. The van der Waals surface area contributed by atoms with E-state index in [1.807, 2.05) is 24.3 Å². The number of benzene rings is 1. The molecule has 4 nitrogen and oxygen atoms in total. The summed E-state index contributed by atoms with van der Waals surface area (Å²) in [5.74, 6) is 0.0570. The summed E-state index contributed by atoms with van der Waals surface area (Å²) in [6.07, 6.45) is -0.631. The summed E-state index contributed by atoms with van der Waals surface area (Å²) in [5.41, 5.74) is 7.21. The lowest BCUT2D eigenvalue weighted by Gasteiger charge is -2.16. The normalized spacial score (nSPS) is 14.5. The Bertz CT molecular complexity index is 387. The van der Waals surface area contributed by atoms with Crippen molar-refractivity contribution in [2.24, 2.45) is 5.73 Å². The minimum absolute atomic E-state index is 0.311. The Morgan fingerprint density at radius 3 is 2.17 bits per heavy atom. The number of hydrogen-bond donors (Lipinski definition) is 3. The molecule has 0 aliphatic carbocycles. The molecule has 0 saturated heterocycles. The molecule has 0 spiro atoms. The highest BCUT2D eigenvalue weighted by Gasteiger charge is 2.12. The maximum absolute atomic E-state index is 10.8. The smallest absolute Gasteiger partial charge is 0.234 e. The van der Waals surface area contributed by atoms with Crippen molar-refractivity contribution in [2.75, 3.05) is 6.54 Å². The Kier molecular flexibility index (Phi) is 5.31. The van der Waals surface area contributed by atoms with Crippen LogP contribution in [0.2, 0.25) is 0 Å². The summed E-state index contributed by atoms with van der Waals surface area (Å²) in [6, 6.07) is 7.42. The SMILES string of the molecule is CC(NCC(O)c1ccc(C(C)C)cc1)C(N)=O. The van der Waals surface area contributed by atoms with Crippen LogP contribution in [0.3, 0.4) is 0 Å². The molecule has 1 aromatic carbocycles. The monoisotopic (exact) mass is 250 g/mol. The first-order valence-electron chi connectivity index (χ1n) is 6.22. The molecular formula is C14H22N2O2. The molecule has 100 valence electrons. The Morgan fingerprint density at radius 1 is 1.22 bits per heavy atom. The van der Waals surface area contributed by atoms with E-state index < -0.39 is 18.1 Å². The molecule has 0 aliphatic rings. The van der Waals surface area contributed by atoms with Crippen molar-refractivity contribution in [1.82, 2.24) is 5.32 Å². The largest absolute Gasteiger partial charge is 0.387 e. The zero-order chi connectivity index (χ0) is 13.7. The van der Waals surface area contributed by atoms with Gasteiger partial charge in [-0.2, -0.15) is 0 Å². The van der Waals surface area contributed by atoms with E-state index in [4.69, 9.17) is 5.73 Å². The molecule has 0 fully saturated rings. The molecule has 1 aromatic rings. The first kappa shape index (κ1) is 14.7.